The third kappa shape index (κ3) is 7.24. The molecule has 2 aromatic rings. The van der Waals surface area contributed by atoms with Crippen molar-refractivity contribution in [3.63, 3.8) is 0 Å². The van der Waals surface area contributed by atoms with Crippen LogP contribution in [0.4, 0.5) is 0 Å². The standard InChI is InChI=1S/C25H31N3O2S/c1-3-5-9-19-12-14-20(15-13-19)17-23-24(29)27-25(31-23)28-26-18-21-10-7-8-11-22(21)30-16-6-4-2/h7-8,10-15,18,23H,3-6,9,16-17H2,1-2H3,(H,27,28,29)/b26-18-/t23-/m1/s1. The average molecular weight is 438 g/mol. The second-order valence-corrected chi connectivity index (χ2v) is 8.80. The summed E-state index contributed by atoms with van der Waals surface area (Å²) in [7, 11) is 0. The Labute approximate surface area is 189 Å². The van der Waals surface area contributed by atoms with Gasteiger partial charge in [-0.3, -0.25) is 4.79 Å². The van der Waals surface area contributed by atoms with Crippen molar-refractivity contribution in [2.75, 3.05) is 6.61 Å². The van der Waals surface area contributed by atoms with Crippen LogP contribution in [0.3, 0.4) is 0 Å². The zero-order valence-electron chi connectivity index (χ0n) is 18.3. The van der Waals surface area contributed by atoms with Crippen LogP contribution in [0.1, 0.15) is 56.2 Å². The summed E-state index contributed by atoms with van der Waals surface area (Å²) in [5.41, 5.74) is 3.39. The van der Waals surface area contributed by atoms with Gasteiger partial charge in [-0.2, -0.15) is 5.10 Å². The predicted molar refractivity (Wildman–Crippen MR) is 130 cm³/mol. The van der Waals surface area contributed by atoms with Gasteiger partial charge in [0.25, 0.3) is 0 Å². The number of nitrogens with zero attached hydrogens (tertiary/aromatic N) is 2. The fourth-order valence-electron chi connectivity index (χ4n) is 3.21. The van der Waals surface area contributed by atoms with Crippen molar-refractivity contribution < 1.29 is 9.53 Å². The van der Waals surface area contributed by atoms with Crippen LogP contribution in [-0.2, 0) is 17.6 Å². The fourth-order valence-corrected chi connectivity index (χ4v) is 4.18. The van der Waals surface area contributed by atoms with Crippen molar-refractivity contribution >= 4 is 29.1 Å². The molecular formula is C25H31N3O2S. The number of benzene rings is 2. The molecule has 1 atom stereocenters. The topological polar surface area (TPSA) is 63.1 Å². The summed E-state index contributed by atoms with van der Waals surface area (Å²) in [5.74, 6) is 0.778. The monoisotopic (exact) mass is 437 g/mol. The molecule has 1 N–H and O–H groups in total. The van der Waals surface area contributed by atoms with Crippen molar-refractivity contribution in [1.82, 2.24) is 5.32 Å². The van der Waals surface area contributed by atoms with E-state index in [1.165, 1.54) is 30.2 Å². The molecule has 0 saturated carbocycles. The number of hydrogen-bond acceptors (Lipinski definition) is 5. The van der Waals surface area contributed by atoms with Crippen LogP contribution in [0.15, 0.2) is 58.7 Å². The van der Waals surface area contributed by atoms with Gasteiger partial charge in [0.05, 0.1) is 18.1 Å². The van der Waals surface area contributed by atoms with Gasteiger partial charge in [-0.1, -0.05) is 74.8 Å². The van der Waals surface area contributed by atoms with Gasteiger partial charge in [0.2, 0.25) is 5.91 Å². The van der Waals surface area contributed by atoms with Crippen LogP contribution in [0.5, 0.6) is 5.75 Å². The van der Waals surface area contributed by atoms with Crippen molar-refractivity contribution in [2.24, 2.45) is 10.2 Å². The molecule has 1 amide bonds. The molecule has 6 heteroatoms. The number of amides is 1. The third-order valence-electron chi connectivity index (χ3n) is 5.06. The maximum absolute atomic E-state index is 12.3. The Morgan fingerprint density at radius 1 is 1.03 bits per heavy atom. The number of amidine groups is 1. The van der Waals surface area contributed by atoms with Crippen LogP contribution < -0.4 is 10.1 Å². The summed E-state index contributed by atoms with van der Waals surface area (Å²) >= 11 is 1.43. The lowest BCUT2D eigenvalue weighted by Gasteiger charge is -2.07. The Bertz CT molecular complexity index is 909. The van der Waals surface area contributed by atoms with Crippen LogP contribution >= 0.6 is 11.8 Å². The summed E-state index contributed by atoms with van der Waals surface area (Å²) in [6.45, 7) is 5.02. The van der Waals surface area contributed by atoms with E-state index in [9.17, 15) is 4.79 Å². The molecule has 3 rings (SSSR count). The molecule has 0 bridgehead atoms. The highest BCUT2D eigenvalue weighted by Crippen LogP contribution is 2.24. The molecule has 31 heavy (non-hydrogen) atoms. The van der Waals surface area contributed by atoms with E-state index >= 15 is 0 Å². The summed E-state index contributed by atoms with van der Waals surface area (Å²) in [5, 5.41) is 11.6. The summed E-state index contributed by atoms with van der Waals surface area (Å²) in [4.78, 5) is 12.3. The molecule has 0 aliphatic carbocycles. The average Bonchev–Trinajstić information content (AvgIpc) is 3.13. The first kappa shape index (κ1) is 23.1. The third-order valence-corrected chi connectivity index (χ3v) is 6.13. The van der Waals surface area contributed by atoms with Crippen LogP contribution in [-0.4, -0.2) is 29.1 Å². The van der Waals surface area contributed by atoms with Crippen molar-refractivity contribution in [3.8, 4) is 5.75 Å². The maximum Gasteiger partial charge on any atom is 0.239 e. The minimum atomic E-state index is -0.180. The zero-order valence-corrected chi connectivity index (χ0v) is 19.2. The molecule has 1 saturated heterocycles. The second-order valence-electron chi connectivity index (χ2n) is 7.61. The van der Waals surface area contributed by atoms with Gasteiger partial charge in [0.15, 0.2) is 5.17 Å². The Morgan fingerprint density at radius 3 is 2.55 bits per heavy atom. The molecule has 0 aromatic heterocycles. The first-order valence-electron chi connectivity index (χ1n) is 11.1. The molecular weight excluding hydrogens is 406 g/mol. The van der Waals surface area contributed by atoms with Crippen molar-refractivity contribution in [1.29, 1.82) is 0 Å². The van der Waals surface area contributed by atoms with E-state index in [0.717, 1.165) is 36.1 Å². The quantitative estimate of drug-likeness (QED) is 0.292. The zero-order chi connectivity index (χ0) is 21.9. The maximum atomic E-state index is 12.3. The lowest BCUT2D eigenvalue weighted by atomic mass is 10.0. The van der Waals surface area contributed by atoms with Gasteiger partial charge in [-0.25, -0.2) is 0 Å². The number of thioether (sulfide) groups is 1. The lowest BCUT2D eigenvalue weighted by Crippen LogP contribution is -2.25. The molecule has 1 heterocycles. The number of nitrogens with one attached hydrogen (secondary N) is 1. The number of aryl methyl sites for hydroxylation is 1. The van der Waals surface area contributed by atoms with E-state index in [4.69, 9.17) is 4.74 Å². The van der Waals surface area contributed by atoms with Gasteiger partial charge in [0, 0.05) is 5.56 Å². The SMILES string of the molecule is CCCCOc1ccccc1/C=N\N=C1\NC(=O)[C@@H](Cc2ccc(CCCC)cc2)S1. The number of unbranched alkanes of at least 4 members (excludes halogenated alkanes) is 2. The number of para-hydroxylation sites is 1. The highest BCUT2D eigenvalue weighted by atomic mass is 32.2. The van der Waals surface area contributed by atoms with E-state index < -0.39 is 0 Å². The van der Waals surface area contributed by atoms with Crippen LogP contribution in [0.2, 0.25) is 0 Å². The van der Waals surface area contributed by atoms with Gasteiger partial charge in [0.1, 0.15) is 5.75 Å². The fraction of sp³-hybridized carbons (Fsp3) is 0.400. The number of ether oxygens (including phenoxy) is 1. The van der Waals surface area contributed by atoms with E-state index in [0.29, 0.717) is 18.2 Å². The van der Waals surface area contributed by atoms with Crippen molar-refractivity contribution in [3.05, 3.63) is 65.2 Å². The molecule has 0 radical (unpaired) electrons. The minimum absolute atomic E-state index is 0.0164. The number of carbonyl (C=O) groups is 1. The van der Waals surface area contributed by atoms with Gasteiger partial charge in [-0.15, -0.1) is 5.10 Å². The van der Waals surface area contributed by atoms with E-state index in [2.05, 4.69) is 53.6 Å². The van der Waals surface area contributed by atoms with Gasteiger partial charge in [-0.05, 0) is 48.9 Å². The van der Waals surface area contributed by atoms with Gasteiger partial charge < -0.3 is 10.1 Å². The molecule has 1 aliphatic rings. The second kappa shape index (κ2) is 12.3. The lowest BCUT2D eigenvalue weighted by molar-refractivity contribution is -0.118. The first-order chi connectivity index (χ1) is 15.2. The number of rotatable bonds is 11. The largest absolute Gasteiger partial charge is 0.493 e. The van der Waals surface area contributed by atoms with E-state index in [1.807, 2.05) is 24.3 Å². The summed E-state index contributed by atoms with van der Waals surface area (Å²) in [6, 6.07) is 16.3. The van der Waals surface area contributed by atoms with Gasteiger partial charge >= 0.3 is 0 Å². The number of hydrogen-bond donors (Lipinski definition) is 1. The molecule has 5 nitrogen and oxygen atoms in total. The number of carbonyl (C=O) groups excluding carboxylic acids is 1. The van der Waals surface area contributed by atoms with E-state index in [-0.39, 0.29) is 11.2 Å². The first-order valence-corrected chi connectivity index (χ1v) is 12.0. The molecule has 1 fully saturated rings. The van der Waals surface area contributed by atoms with E-state index in [1.54, 1.807) is 6.21 Å². The molecule has 0 unspecified atom stereocenters. The van der Waals surface area contributed by atoms with Crippen LogP contribution in [0.25, 0.3) is 0 Å². The Balaban J connectivity index is 1.56. The predicted octanol–water partition coefficient (Wildman–Crippen LogP) is 5.37. The van der Waals surface area contributed by atoms with Crippen LogP contribution in [0, 0.1) is 0 Å². The highest BCUT2D eigenvalue weighted by Gasteiger charge is 2.30. The Kier molecular flexibility index (Phi) is 9.16. The molecule has 2 aromatic carbocycles. The summed E-state index contributed by atoms with van der Waals surface area (Å²) < 4.78 is 5.82. The molecule has 164 valence electrons. The minimum Gasteiger partial charge on any atom is -0.493 e. The molecule has 0 spiro atoms. The smallest absolute Gasteiger partial charge is 0.239 e. The molecule has 1 aliphatic heterocycles. The highest BCUT2D eigenvalue weighted by molar-refractivity contribution is 8.15. The Hall–Kier alpha value is -2.60. The summed E-state index contributed by atoms with van der Waals surface area (Å²) in [6.07, 6.45) is 7.96. The normalized spacial score (nSPS) is 17.4. The van der Waals surface area contributed by atoms with Crippen molar-refractivity contribution in [2.45, 2.75) is 57.6 Å². The Morgan fingerprint density at radius 2 is 1.77 bits per heavy atom.